The molecule has 0 saturated heterocycles. The summed E-state index contributed by atoms with van der Waals surface area (Å²) in [6.07, 6.45) is -3.33. The minimum Gasteiger partial charge on any atom is -0.477 e. The molecule has 0 heterocycles. The van der Waals surface area contributed by atoms with E-state index in [9.17, 15) is 29.5 Å². The number of hydrogen-bond acceptors (Lipinski definition) is 5. The smallest absolute Gasteiger partial charge is 0.342 e. The predicted octanol–water partition coefficient (Wildman–Crippen LogP) is 1.07. The zero-order chi connectivity index (χ0) is 14.7. The summed E-state index contributed by atoms with van der Waals surface area (Å²) in [5.74, 6) is -3.28. The normalized spacial score (nSPS) is 13.9. The topological polar surface area (TPSA) is 121 Å². The monoisotopic (exact) mass is 293 g/mol. The van der Waals surface area contributed by atoms with Crippen molar-refractivity contribution in [2.75, 3.05) is 5.88 Å². The maximum atomic E-state index is 13.6. The predicted molar refractivity (Wildman–Crippen MR) is 61.7 cm³/mol. The van der Waals surface area contributed by atoms with Crippen molar-refractivity contribution in [1.82, 2.24) is 0 Å². The molecule has 0 amide bonds. The molecular weight excluding hydrogens is 285 g/mol. The van der Waals surface area contributed by atoms with Crippen molar-refractivity contribution in [3.8, 4) is 0 Å². The summed E-state index contributed by atoms with van der Waals surface area (Å²) in [6.45, 7) is 0. The number of benzene rings is 1. The van der Waals surface area contributed by atoms with Crippen LogP contribution in [0.25, 0.3) is 0 Å². The first-order chi connectivity index (χ1) is 8.79. The van der Waals surface area contributed by atoms with Crippen molar-refractivity contribution >= 4 is 23.3 Å². The summed E-state index contributed by atoms with van der Waals surface area (Å²) < 4.78 is 13.6. The molecule has 7 nitrogen and oxygen atoms in total. The number of hydrogen-bond donors (Lipinski definition) is 3. The molecule has 104 valence electrons. The Morgan fingerprint density at radius 2 is 2.05 bits per heavy atom. The molecule has 0 aliphatic carbocycles. The first-order valence-corrected chi connectivity index (χ1v) is 5.46. The Labute approximate surface area is 111 Å². The van der Waals surface area contributed by atoms with Crippen LogP contribution >= 0.6 is 11.6 Å². The summed E-state index contributed by atoms with van der Waals surface area (Å²) >= 11 is 5.27. The first-order valence-electron chi connectivity index (χ1n) is 4.92. The summed E-state index contributed by atoms with van der Waals surface area (Å²) in [5.41, 5.74) is -2.33. The largest absolute Gasteiger partial charge is 0.477 e. The summed E-state index contributed by atoms with van der Waals surface area (Å²) in [7, 11) is 0. The van der Waals surface area contributed by atoms with Crippen molar-refractivity contribution in [3.63, 3.8) is 0 Å². The SMILES string of the molecule is O=C(O)c1cc(F)c(C(O)C(O)CCl)cc1[N+](=O)[O-]. The van der Waals surface area contributed by atoms with Gasteiger partial charge >= 0.3 is 5.97 Å². The van der Waals surface area contributed by atoms with Crippen LogP contribution in [0.2, 0.25) is 0 Å². The first kappa shape index (κ1) is 15.3. The fourth-order valence-corrected chi connectivity index (χ4v) is 1.59. The molecule has 3 N–H and O–H groups in total. The molecular formula is C10H9ClFNO6. The Hall–Kier alpha value is -1.77. The number of aliphatic hydroxyl groups excluding tert-OH is 2. The number of carboxylic acid groups (broad SMARTS) is 1. The molecule has 0 radical (unpaired) electrons. The van der Waals surface area contributed by atoms with Gasteiger partial charge < -0.3 is 15.3 Å². The van der Waals surface area contributed by atoms with Crippen LogP contribution in [0, 0.1) is 15.9 Å². The number of rotatable bonds is 5. The van der Waals surface area contributed by atoms with Gasteiger partial charge in [0.25, 0.3) is 5.69 Å². The van der Waals surface area contributed by atoms with Gasteiger partial charge in [-0.1, -0.05) is 0 Å². The third-order valence-corrected chi connectivity index (χ3v) is 2.70. The fourth-order valence-electron chi connectivity index (χ4n) is 1.42. The van der Waals surface area contributed by atoms with Crippen molar-refractivity contribution in [3.05, 3.63) is 39.2 Å². The molecule has 1 aromatic carbocycles. The Morgan fingerprint density at radius 3 is 2.47 bits per heavy atom. The number of aliphatic hydroxyl groups is 2. The lowest BCUT2D eigenvalue weighted by molar-refractivity contribution is -0.385. The second kappa shape index (κ2) is 5.91. The molecule has 0 bridgehead atoms. The quantitative estimate of drug-likeness (QED) is 0.424. The summed E-state index contributed by atoms with van der Waals surface area (Å²) in [4.78, 5) is 20.4. The van der Waals surface area contributed by atoms with E-state index in [1.807, 2.05) is 0 Å². The minimum absolute atomic E-state index is 0.417. The average Bonchev–Trinajstić information content (AvgIpc) is 2.36. The Balaban J connectivity index is 3.40. The number of nitrogens with zero attached hydrogens (tertiary/aromatic N) is 1. The molecule has 9 heteroatoms. The Morgan fingerprint density at radius 1 is 1.47 bits per heavy atom. The van der Waals surface area contributed by atoms with Gasteiger partial charge in [0.05, 0.1) is 16.9 Å². The molecule has 2 unspecified atom stereocenters. The highest BCUT2D eigenvalue weighted by Crippen LogP contribution is 2.28. The van der Waals surface area contributed by atoms with E-state index in [1.165, 1.54) is 0 Å². The van der Waals surface area contributed by atoms with E-state index >= 15 is 0 Å². The van der Waals surface area contributed by atoms with E-state index in [2.05, 4.69) is 0 Å². The zero-order valence-electron chi connectivity index (χ0n) is 9.29. The van der Waals surface area contributed by atoms with Crippen LogP contribution in [0.3, 0.4) is 0 Å². The van der Waals surface area contributed by atoms with E-state index in [0.717, 1.165) is 0 Å². The average molecular weight is 294 g/mol. The number of carbonyl (C=O) groups is 1. The molecule has 0 aromatic heterocycles. The van der Waals surface area contributed by atoms with E-state index < -0.39 is 51.6 Å². The van der Waals surface area contributed by atoms with Crippen molar-refractivity contribution < 1.29 is 29.4 Å². The van der Waals surface area contributed by atoms with Crippen LogP contribution in [0.4, 0.5) is 10.1 Å². The van der Waals surface area contributed by atoms with Gasteiger partial charge in [-0.05, 0) is 6.07 Å². The third kappa shape index (κ3) is 3.16. The minimum atomic E-state index is -1.79. The van der Waals surface area contributed by atoms with Crippen LogP contribution in [-0.2, 0) is 0 Å². The molecule has 0 aliphatic heterocycles. The highest BCUT2D eigenvalue weighted by atomic mass is 35.5. The summed E-state index contributed by atoms with van der Waals surface area (Å²) in [5, 5.41) is 38.3. The van der Waals surface area contributed by atoms with E-state index in [0.29, 0.717) is 12.1 Å². The number of nitro groups is 1. The van der Waals surface area contributed by atoms with E-state index in [1.54, 1.807) is 0 Å². The molecule has 2 atom stereocenters. The Kier molecular flexibility index (Phi) is 4.76. The molecule has 0 aliphatic rings. The molecule has 19 heavy (non-hydrogen) atoms. The van der Waals surface area contributed by atoms with Gasteiger partial charge in [0.15, 0.2) is 0 Å². The van der Waals surface area contributed by atoms with Gasteiger partial charge in [-0.25, -0.2) is 9.18 Å². The second-order valence-corrected chi connectivity index (χ2v) is 3.93. The Bertz CT molecular complexity index is 523. The van der Waals surface area contributed by atoms with Crippen molar-refractivity contribution in [2.24, 2.45) is 0 Å². The number of carboxylic acids is 1. The van der Waals surface area contributed by atoms with E-state index in [-0.39, 0.29) is 0 Å². The zero-order valence-corrected chi connectivity index (χ0v) is 10.0. The lowest BCUT2D eigenvalue weighted by Gasteiger charge is -2.16. The second-order valence-electron chi connectivity index (χ2n) is 3.62. The third-order valence-electron chi connectivity index (χ3n) is 2.38. The van der Waals surface area contributed by atoms with Gasteiger partial charge in [-0.3, -0.25) is 10.1 Å². The number of nitro benzene ring substituents is 1. The molecule has 0 saturated carbocycles. The lowest BCUT2D eigenvalue weighted by Crippen LogP contribution is -2.21. The van der Waals surface area contributed by atoms with Gasteiger partial charge in [0, 0.05) is 11.6 Å². The maximum absolute atomic E-state index is 13.6. The van der Waals surface area contributed by atoms with Gasteiger partial charge in [0.2, 0.25) is 0 Å². The maximum Gasteiger partial charge on any atom is 0.342 e. The summed E-state index contributed by atoms with van der Waals surface area (Å²) in [6, 6.07) is 0.985. The number of aromatic carboxylic acids is 1. The van der Waals surface area contributed by atoms with Crippen molar-refractivity contribution in [1.29, 1.82) is 0 Å². The highest BCUT2D eigenvalue weighted by Gasteiger charge is 2.28. The fraction of sp³-hybridized carbons (Fsp3) is 0.300. The molecule has 0 spiro atoms. The van der Waals surface area contributed by atoms with Crippen LogP contribution < -0.4 is 0 Å². The van der Waals surface area contributed by atoms with Crippen molar-refractivity contribution in [2.45, 2.75) is 12.2 Å². The lowest BCUT2D eigenvalue weighted by atomic mass is 10.0. The van der Waals surface area contributed by atoms with E-state index in [4.69, 9.17) is 16.7 Å². The highest BCUT2D eigenvalue weighted by molar-refractivity contribution is 6.18. The van der Waals surface area contributed by atoms with Crippen LogP contribution in [0.5, 0.6) is 0 Å². The van der Waals surface area contributed by atoms with Crippen LogP contribution in [0.15, 0.2) is 12.1 Å². The van der Waals surface area contributed by atoms with Crippen LogP contribution in [0.1, 0.15) is 22.0 Å². The van der Waals surface area contributed by atoms with Gasteiger partial charge in [-0.15, -0.1) is 11.6 Å². The van der Waals surface area contributed by atoms with Gasteiger partial charge in [0.1, 0.15) is 17.5 Å². The standard InChI is InChI=1S/C10H9ClFNO6/c11-3-8(14)9(15)4-2-7(13(18)19)5(10(16)17)1-6(4)12/h1-2,8-9,14-15H,3H2,(H,16,17). The van der Waals surface area contributed by atoms with Gasteiger partial charge in [-0.2, -0.15) is 0 Å². The molecule has 1 aromatic rings. The number of halogens is 2. The molecule has 1 rings (SSSR count). The molecule has 0 fully saturated rings. The van der Waals surface area contributed by atoms with Crippen LogP contribution in [-0.4, -0.2) is 38.2 Å². The number of alkyl halides is 1.